The van der Waals surface area contributed by atoms with Gasteiger partial charge in [0, 0.05) is 5.38 Å². The standard InChI is InChI=1S/C11H16O2S/c1-5-13-10(12)8-6-14-7-9(8)11(2,3)4/h6-7H,5H2,1-4H3. The van der Waals surface area contributed by atoms with E-state index < -0.39 is 0 Å². The van der Waals surface area contributed by atoms with Crippen molar-refractivity contribution in [2.45, 2.75) is 33.1 Å². The summed E-state index contributed by atoms with van der Waals surface area (Å²) >= 11 is 1.55. The van der Waals surface area contributed by atoms with Crippen molar-refractivity contribution in [1.82, 2.24) is 0 Å². The maximum atomic E-state index is 11.6. The smallest absolute Gasteiger partial charge is 0.339 e. The third-order valence-electron chi connectivity index (χ3n) is 1.97. The summed E-state index contributed by atoms with van der Waals surface area (Å²) in [5.41, 5.74) is 1.78. The van der Waals surface area contributed by atoms with Crippen LogP contribution < -0.4 is 0 Å². The summed E-state index contributed by atoms with van der Waals surface area (Å²) in [6.45, 7) is 8.53. The van der Waals surface area contributed by atoms with E-state index in [4.69, 9.17) is 4.74 Å². The lowest BCUT2D eigenvalue weighted by atomic mass is 9.86. The molecule has 78 valence electrons. The molecule has 0 bridgehead atoms. The van der Waals surface area contributed by atoms with Crippen LogP contribution in [0.2, 0.25) is 0 Å². The van der Waals surface area contributed by atoms with Crippen molar-refractivity contribution in [3.05, 3.63) is 21.9 Å². The van der Waals surface area contributed by atoms with Gasteiger partial charge in [-0.1, -0.05) is 20.8 Å². The fourth-order valence-electron chi connectivity index (χ4n) is 1.24. The third kappa shape index (κ3) is 2.35. The Kier molecular flexibility index (Phi) is 3.32. The van der Waals surface area contributed by atoms with Gasteiger partial charge in [0.05, 0.1) is 12.2 Å². The first-order valence-electron chi connectivity index (χ1n) is 4.70. The number of hydrogen-bond donors (Lipinski definition) is 0. The molecule has 0 spiro atoms. The first-order valence-corrected chi connectivity index (χ1v) is 5.65. The average molecular weight is 212 g/mol. The van der Waals surface area contributed by atoms with Crippen molar-refractivity contribution in [2.75, 3.05) is 6.61 Å². The molecule has 0 unspecified atom stereocenters. The quantitative estimate of drug-likeness (QED) is 0.703. The summed E-state index contributed by atoms with van der Waals surface area (Å²) in [7, 11) is 0. The summed E-state index contributed by atoms with van der Waals surface area (Å²) in [4.78, 5) is 11.6. The second kappa shape index (κ2) is 4.13. The molecule has 0 N–H and O–H groups in total. The van der Waals surface area contributed by atoms with Crippen LogP contribution in [0.25, 0.3) is 0 Å². The highest BCUT2D eigenvalue weighted by Crippen LogP contribution is 2.29. The molecule has 0 fully saturated rings. The maximum Gasteiger partial charge on any atom is 0.339 e. The molecule has 0 aliphatic rings. The molecule has 0 aliphatic heterocycles. The van der Waals surface area contributed by atoms with Crippen LogP contribution in [0.3, 0.4) is 0 Å². The third-order valence-corrected chi connectivity index (χ3v) is 2.71. The van der Waals surface area contributed by atoms with E-state index in [9.17, 15) is 4.79 Å². The normalized spacial score (nSPS) is 11.4. The molecule has 0 saturated carbocycles. The van der Waals surface area contributed by atoms with Crippen LogP contribution >= 0.6 is 11.3 Å². The van der Waals surface area contributed by atoms with E-state index >= 15 is 0 Å². The Balaban J connectivity index is 2.99. The van der Waals surface area contributed by atoms with E-state index in [1.807, 2.05) is 17.7 Å². The van der Waals surface area contributed by atoms with Gasteiger partial charge in [0.25, 0.3) is 0 Å². The second-order valence-electron chi connectivity index (χ2n) is 4.17. The molecule has 1 aromatic heterocycles. The monoisotopic (exact) mass is 212 g/mol. The van der Waals surface area contributed by atoms with E-state index in [1.54, 1.807) is 11.3 Å². The Morgan fingerprint density at radius 1 is 1.43 bits per heavy atom. The fraction of sp³-hybridized carbons (Fsp3) is 0.545. The van der Waals surface area contributed by atoms with Crippen molar-refractivity contribution >= 4 is 17.3 Å². The summed E-state index contributed by atoms with van der Waals surface area (Å²) in [6.07, 6.45) is 0. The molecule has 14 heavy (non-hydrogen) atoms. The molecule has 1 heterocycles. The van der Waals surface area contributed by atoms with Gasteiger partial charge in [-0.2, -0.15) is 11.3 Å². The molecule has 1 rings (SSSR count). The zero-order valence-corrected chi connectivity index (χ0v) is 9.90. The van der Waals surface area contributed by atoms with Gasteiger partial charge < -0.3 is 4.74 Å². The number of rotatable bonds is 2. The van der Waals surface area contributed by atoms with Crippen LogP contribution in [0.15, 0.2) is 10.8 Å². The van der Waals surface area contributed by atoms with Gasteiger partial charge >= 0.3 is 5.97 Å². The minimum atomic E-state index is -0.210. The highest BCUT2D eigenvalue weighted by Gasteiger charge is 2.23. The molecule has 0 saturated heterocycles. The zero-order chi connectivity index (χ0) is 10.8. The minimum absolute atomic E-state index is 0.00208. The predicted molar refractivity (Wildman–Crippen MR) is 59.0 cm³/mol. The van der Waals surface area contributed by atoms with Crippen molar-refractivity contribution in [3.63, 3.8) is 0 Å². The van der Waals surface area contributed by atoms with E-state index in [0.29, 0.717) is 12.2 Å². The van der Waals surface area contributed by atoms with E-state index in [2.05, 4.69) is 20.8 Å². The van der Waals surface area contributed by atoms with Crippen LogP contribution in [0.5, 0.6) is 0 Å². The summed E-state index contributed by atoms with van der Waals surface area (Å²) in [6, 6.07) is 0. The van der Waals surface area contributed by atoms with Crippen LogP contribution in [0.4, 0.5) is 0 Å². The molecule has 3 heteroatoms. The van der Waals surface area contributed by atoms with Crippen molar-refractivity contribution < 1.29 is 9.53 Å². The molecule has 0 atom stereocenters. The summed E-state index contributed by atoms with van der Waals surface area (Å²) < 4.78 is 4.99. The number of carbonyl (C=O) groups is 1. The van der Waals surface area contributed by atoms with E-state index in [0.717, 1.165) is 5.56 Å². The van der Waals surface area contributed by atoms with Gasteiger partial charge in [-0.15, -0.1) is 0 Å². The highest BCUT2D eigenvalue weighted by molar-refractivity contribution is 7.08. The fourth-order valence-corrected chi connectivity index (χ4v) is 2.29. The zero-order valence-electron chi connectivity index (χ0n) is 9.09. The molecule has 0 amide bonds. The molecular formula is C11H16O2S. The highest BCUT2D eigenvalue weighted by atomic mass is 32.1. The molecule has 0 radical (unpaired) electrons. The van der Waals surface area contributed by atoms with Gasteiger partial charge in [0.1, 0.15) is 0 Å². The molecule has 0 aromatic carbocycles. The van der Waals surface area contributed by atoms with E-state index in [-0.39, 0.29) is 11.4 Å². The molecule has 1 aromatic rings. The lowest BCUT2D eigenvalue weighted by Gasteiger charge is -2.18. The molecule has 2 nitrogen and oxygen atoms in total. The SMILES string of the molecule is CCOC(=O)c1cscc1C(C)(C)C. The van der Waals surface area contributed by atoms with Crippen LogP contribution in [0, 0.1) is 0 Å². The minimum Gasteiger partial charge on any atom is -0.462 e. The molecular weight excluding hydrogens is 196 g/mol. The van der Waals surface area contributed by atoms with Crippen molar-refractivity contribution in [3.8, 4) is 0 Å². The van der Waals surface area contributed by atoms with Crippen LogP contribution in [-0.4, -0.2) is 12.6 Å². The largest absolute Gasteiger partial charge is 0.462 e. The number of ether oxygens (including phenoxy) is 1. The van der Waals surface area contributed by atoms with Gasteiger partial charge in [-0.25, -0.2) is 4.79 Å². The maximum absolute atomic E-state index is 11.6. The Bertz CT molecular complexity index is 320. The lowest BCUT2D eigenvalue weighted by molar-refractivity contribution is 0.0524. The Morgan fingerprint density at radius 2 is 2.07 bits per heavy atom. The number of carbonyl (C=O) groups excluding carboxylic acids is 1. The number of esters is 1. The summed E-state index contributed by atoms with van der Waals surface area (Å²) in [5.74, 6) is -0.210. The van der Waals surface area contributed by atoms with E-state index in [1.165, 1.54) is 0 Å². The Labute approximate surface area is 88.9 Å². The van der Waals surface area contributed by atoms with Gasteiger partial charge in [0.2, 0.25) is 0 Å². The predicted octanol–water partition coefficient (Wildman–Crippen LogP) is 3.22. The topological polar surface area (TPSA) is 26.3 Å². The van der Waals surface area contributed by atoms with Crippen LogP contribution in [0.1, 0.15) is 43.6 Å². The first-order chi connectivity index (χ1) is 6.46. The second-order valence-corrected chi connectivity index (χ2v) is 4.91. The van der Waals surface area contributed by atoms with Gasteiger partial charge in [0.15, 0.2) is 0 Å². The van der Waals surface area contributed by atoms with Gasteiger partial charge in [-0.3, -0.25) is 0 Å². The Morgan fingerprint density at radius 3 is 2.57 bits per heavy atom. The van der Waals surface area contributed by atoms with Gasteiger partial charge in [-0.05, 0) is 23.3 Å². The lowest BCUT2D eigenvalue weighted by Crippen LogP contribution is -2.16. The average Bonchev–Trinajstić information content (AvgIpc) is 2.50. The molecule has 0 aliphatic carbocycles. The first kappa shape index (κ1) is 11.2. The van der Waals surface area contributed by atoms with Crippen molar-refractivity contribution in [1.29, 1.82) is 0 Å². The van der Waals surface area contributed by atoms with Crippen molar-refractivity contribution in [2.24, 2.45) is 0 Å². The Hall–Kier alpha value is -0.830. The number of thiophene rings is 1. The number of hydrogen-bond acceptors (Lipinski definition) is 3. The van der Waals surface area contributed by atoms with Crippen LogP contribution in [-0.2, 0) is 10.2 Å². The summed E-state index contributed by atoms with van der Waals surface area (Å²) in [5, 5.41) is 3.88.